The van der Waals surface area contributed by atoms with Crippen LogP contribution in [0.1, 0.15) is 43.5 Å². The fraction of sp³-hybridized carbons (Fsp3) is 0.571. The van der Waals surface area contributed by atoms with Crippen LogP contribution < -0.4 is 4.90 Å². The van der Waals surface area contributed by atoms with Crippen molar-refractivity contribution in [2.45, 2.75) is 37.6 Å². The van der Waals surface area contributed by atoms with E-state index in [-0.39, 0.29) is 0 Å². The molecule has 4 rings (SSSR count). The van der Waals surface area contributed by atoms with E-state index in [0.29, 0.717) is 17.9 Å². The summed E-state index contributed by atoms with van der Waals surface area (Å²) in [5.41, 5.74) is 0. The zero-order chi connectivity index (χ0) is 14.2. The zero-order valence-corrected chi connectivity index (χ0v) is 11.7. The summed E-state index contributed by atoms with van der Waals surface area (Å²) in [5.74, 6) is 1.61. The quantitative estimate of drug-likeness (QED) is 0.863. The lowest BCUT2D eigenvalue weighted by atomic mass is 9.97. The van der Waals surface area contributed by atoms with E-state index in [1.165, 1.54) is 25.2 Å². The van der Waals surface area contributed by atoms with Crippen molar-refractivity contribution in [3.05, 3.63) is 30.4 Å². The molecular weight excluding hydrogens is 271 g/mol. The maximum Gasteiger partial charge on any atom is 0.225 e. The number of anilines is 1. The lowest BCUT2D eigenvalue weighted by Crippen LogP contribution is -2.36. The first-order valence-corrected chi connectivity index (χ1v) is 7.43. The normalized spacial score (nSPS) is 22.5. The Labute approximate surface area is 122 Å². The first-order chi connectivity index (χ1) is 10.3. The summed E-state index contributed by atoms with van der Waals surface area (Å²) in [6.07, 6.45) is 8.90. The third-order valence-corrected chi connectivity index (χ3v) is 4.22. The second-order valence-electron chi connectivity index (χ2n) is 5.81. The number of rotatable bonds is 3. The van der Waals surface area contributed by atoms with Crippen LogP contribution in [0.4, 0.5) is 10.3 Å². The minimum atomic E-state index is -0.402. The summed E-state index contributed by atoms with van der Waals surface area (Å²) < 4.78 is 15.2. The molecule has 21 heavy (non-hydrogen) atoms. The van der Waals surface area contributed by atoms with Crippen LogP contribution in [-0.2, 0) is 0 Å². The molecule has 2 aliphatic rings. The summed E-state index contributed by atoms with van der Waals surface area (Å²) in [6.45, 7) is 1.72. The van der Waals surface area contributed by atoms with E-state index in [4.69, 9.17) is 0 Å². The zero-order valence-electron chi connectivity index (χ0n) is 11.7. The van der Waals surface area contributed by atoms with Crippen molar-refractivity contribution in [3.63, 3.8) is 0 Å². The van der Waals surface area contributed by atoms with Crippen LogP contribution in [-0.4, -0.2) is 37.8 Å². The highest BCUT2D eigenvalue weighted by molar-refractivity contribution is 5.30. The van der Waals surface area contributed by atoms with Crippen LogP contribution in [0.25, 0.3) is 0 Å². The summed E-state index contributed by atoms with van der Waals surface area (Å²) in [6, 6.07) is 0.590. The van der Waals surface area contributed by atoms with Crippen LogP contribution in [0.2, 0.25) is 0 Å². The van der Waals surface area contributed by atoms with Crippen molar-refractivity contribution in [1.82, 2.24) is 24.7 Å². The van der Waals surface area contributed by atoms with Gasteiger partial charge in [0.05, 0.1) is 12.4 Å². The van der Waals surface area contributed by atoms with E-state index in [1.54, 1.807) is 0 Å². The molecule has 0 N–H and O–H groups in total. The van der Waals surface area contributed by atoms with Crippen molar-refractivity contribution < 1.29 is 4.39 Å². The van der Waals surface area contributed by atoms with Gasteiger partial charge in [-0.15, -0.1) is 10.2 Å². The van der Waals surface area contributed by atoms with E-state index in [1.807, 2.05) is 6.33 Å². The summed E-state index contributed by atoms with van der Waals surface area (Å²) in [7, 11) is 0. The van der Waals surface area contributed by atoms with Gasteiger partial charge in [-0.25, -0.2) is 14.4 Å². The summed E-state index contributed by atoms with van der Waals surface area (Å²) in [5, 5.41) is 8.41. The standard InChI is InChI=1S/C14H17FN6/c15-11-6-16-14(17-7-11)20-5-1-2-10(8-20)13-19-18-9-21(13)12-3-4-12/h6-7,9-10,12H,1-5,8H2/t10-/m1/s1. The maximum absolute atomic E-state index is 12.9. The molecule has 0 spiro atoms. The second kappa shape index (κ2) is 5.05. The molecule has 1 aliphatic carbocycles. The van der Waals surface area contributed by atoms with E-state index in [0.717, 1.165) is 31.8 Å². The van der Waals surface area contributed by atoms with Gasteiger partial charge in [0, 0.05) is 25.0 Å². The molecule has 1 atom stereocenters. The van der Waals surface area contributed by atoms with Gasteiger partial charge >= 0.3 is 0 Å². The van der Waals surface area contributed by atoms with Gasteiger partial charge in [0.1, 0.15) is 12.2 Å². The minimum absolute atomic E-state index is 0.343. The van der Waals surface area contributed by atoms with Gasteiger partial charge in [-0.3, -0.25) is 0 Å². The minimum Gasteiger partial charge on any atom is -0.340 e. The van der Waals surface area contributed by atoms with Gasteiger partial charge in [-0.1, -0.05) is 0 Å². The lowest BCUT2D eigenvalue weighted by molar-refractivity contribution is 0.465. The molecule has 0 amide bonds. The molecule has 2 fully saturated rings. The van der Waals surface area contributed by atoms with Crippen LogP contribution >= 0.6 is 0 Å². The third kappa shape index (κ3) is 2.48. The van der Waals surface area contributed by atoms with Gasteiger partial charge in [0.2, 0.25) is 5.95 Å². The fourth-order valence-electron chi connectivity index (χ4n) is 3.02. The Morgan fingerprint density at radius 2 is 1.95 bits per heavy atom. The Kier molecular flexibility index (Phi) is 3.05. The lowest BCUT2D eigenvalue weighted by Gasteiger charge is -2.32. The van der Waals surface area contributed by atoms with Crippen LogP contribution in [0.5, 0.6) is 0 Å². The molecule has 7 heteroatoms. The van der Waals surface area contributed by atoms with Gasteiger partial charge in [0.25, 0.3) is 0 Å². The molecule has 0 bridgehead atoms. The van der Waals surface area contributed by atoms with E-state index < -0.39 is 5.82 Å². The summed E-state index contributed by atoms with van der Waals surface area (Å²) >= 11 is 0. The first-order valence-electron chi connectivity index (χ1n) is 7.43. The molecule has 0 unspecified atom stereocenters. The second-order valence-corrected chi connectivity index (χ2v) is 5.81. The largest absolute Gasteiger partial charge is 0.340 e. The molecule has 110 valence electrons. The predicted molar refractivity (Wildman–Crippen MR) is 74.5 cm³/mol. The number of hydrogen-bond donors (Lipinski definition) is 0. The van der Waals surface area contributed by atoms with Gasteiger partial charge in [0.15, 0.2) is 5.82 Å². The molecule has 0 aromatic carbocycles. The number of piperidine rings is 1. The van der Waals surface area contributed by atoms with Crippen molar-refractivity contribution in [1.29, 1.82) is 0 Å². The van der Waals surface area contributed by atoms with E-state index in [9.17, 15) is 4.39 Å². The van der Waals surface area contributed by atoms with Crippen LogP contribution in [0.15, 0.2) is 18.7 Å². The average molecular weight is 288 g/mol. The molecule has 6 nitrogen and oxygen atoms in total. The predicted octanol–water partition coefficient (Wildman–Crippen LogP) is 1.93. The maximum atomic E-state index is 12.9. The Balaban J connectivity index is 1.54. The molecule has 1 saturated heterocycles. The Bertz CT molecular complexity index is 621. The van der Waals surface area contributed by atoms with Gasteiger partial charge in [-0.2, -0.15) is 0 Å². The molecule has 0 radical (unpaired) electrons. The Hall–Kier alpha value is -2.05. The Morgan fingerprint density at radius 3 is 2.71 bits per heavy atom. The Morgan fingerprint density at radius 1 is 1.14 bits per heavy atom. The van der Waals surface area contributed by atoms with Crippen molar-refractivity contribution in [3.8, 4) is 0 Å². The third-order valence-electron chi connectivity index (χ3n) is 4.22. The van der Waals surface area contributed by atoms with Crippen LogP contribution in [0, 0.1) is 5.82 Å². The highest BCUT2D eigenvalue weighted by Crippen LogP contribution is 2.38. The van der Waals surface area contributed by atoms with Crippen LogP contribution in [0.3, 0.4) is 0 Å². The highest BCUT2D eigenvalue weighted by Gasteiger charge is 2.31. The number of halogens is 1. The highest BCUT2D eigenvalue weighted by atomic mass is 19.1. The SMILES string of the molecule is Fc1cnc(N2CCC[C@@H](c3nncn3C3CC3)C2)nc1. The molecule has 3 heterocycles. The monoisotopic (exact) mass is 288 g/mol. The number of aromatic nitrogens is 5. The fourth-order valence-corrected chi connectivity index (χ4v) is 3.02. The molecule has 2 aromatic heterocycles. The van der Waals surface area contributed by atoms with Crippen molar-refractivity contribution >= 4 is 5.95 Å². The van der Waals surface area contributed by atoms with Crippen molar-refractivity contribution in [2.75, 3.05) is 18.0 Å². The molecule has 1 saturated carbocycles. The average Bonchev–Trinajstić information content (AvgIpc) is 3.25. The number of nitrogens with zero attached hydrogens (tertiary/aromatic N) is 6. The molecule has 2 aromatic rings. The van der Waals surface area contributed by atoms with Gasteiger partial charge < -0.3 is 9.47 Å². The topological polar surface area (TPSA) is 59.7 Å². The smallest absolute Gasteiger partial charge is 0.225 e. The summed E-state index contributed by atoms with van der Waals surface area (Å²) in [4.78, 5) is 10.3. The first kappa shape index (κ1) is 12.7. The van der Waals surface area contributed by atoms with E-state index >= 15 is 0 Å². The van der Waals surface area contributed by atoms with E-state index in [2.05, 4.69) is 29.6 Å². The number of hydrogen-bond acceptors (Lipinski definition) is 5. The van der Waals surface area contributed by atoms with Crippen molar-refractivity contribution in [2.24, 2.45) is 0 Å². The van der Waals surface area contributed by atoms with Gasteiger partial charge in [-0.05, 0) is 25.7 Å². The molecular formula is C14H17FN6. The molecule has 1 aliphatic heterocycles.